The number of benzene rings is 1. The van der Waals surface area contributed by atoms with Gasteiger partial charge in [-0.1, -0.05) is 17.7 Å². The highest BCUT2D eigenvalue weighted by Gasteiger charge is 2.16. The Bertz CT molecular complexity index is 1260. The number of rotatable bonds is 4. The van der Waals surface area contributed by atoms with Crippen LogP contribution in [0.5, 0.6) is 0 Å². The van der Waals surface area contributed by atoms with Crippen LogP contribution in [-0.2, 0) is 18.4 Å². The lowest BCUT2D eigenvalue weighted by Gasteiger charge is -2.10. The number of fused-ring (bicyclic) bond motifs is 1. The number of aromatic nitrogens is 6. The van der Waals surface area contributed by atoms with Crippen LogP contribution in [0.4, 0.5) is 5.82 Å². The van der Waals surface area contributed by atoms with E-state index >= 15 is 0 Å². The van der Waals surface area contributed by atoms with Crippen molar-refractivity contribution < 1.29 is 4.79 Å². The Kier molecular flexibility index (Phi) is 4.73. The molecule has 1 aromatic carbocycles. The predicted molar refractivity (Wildman–Crippen MR) is 108 cm³/mol. The van der Waals surface area contributed by atoms with Gasteiger partial charge in [0.1, 0.15) is 28.7 Å². The first-order chi connectivity index (χ1) is 13.4. The minimum atomic E-state index is -0.396. The highest BCUT2D eigenvalue weighted by Crippen LogP contribution is 2.19. The fraction of sp³-hybridized carbons (Fsp3) is 0.118. The van der Waals surface area contributed by atoms with Crippen molar-refractivity contribution in [1.82, 2.24) is 29.1 Å². The van der Waals surface area contributed by atoms with Crippen LogP contribution in [-0.4, -0.2) is 35.0 Å². The van der Waals surface area contributed by atoms with Gasteiger partial charge in [-0.15, -0.1) is 0 Å². The molecule has 142 valence electrons. The number of carbonyl (C=O) groups excluding carboxylic acids is 1. The van der Waals surface area contributed by atoms with Crippen LogP contribution in [0.25, 0.3) is 16.7 Å². The zero-order valence-electron chi connectivity index (χ0n) is 14.5. The molecule has 0 radical (unpaired) electrons. The van der Waals surface area contributed by atoms with Crippen molar-refractivity contribution in [2.75, 3.05) is 5.32 Å². The first-order valence-corrected chi connectivity index (χ1v) is 9.28. The number of anilines is 1. The molecule has 11 heteroatoms. The summed E-state index contributed by atoms with van der Waals surface area (Å²) >= 11 is 9.27. The Morgan fingerprint density at radius 2 is 2.14 bits per heavy atom. The normalized spacial score (nSPS) is 11.1. The molecule has 9 nitrogen and oxygen atoms in total. The van der Waals surface area contributed by atoms with Gasteiger partial charge in [0.25, 0.3) is 5.56 Å². The molecule has 4 rings (SSSR count). The van der Waals surface area contributed by atoms with E-state index in [9.17, 15) is 9.59 Å². The highest BCUT2D eigenvalue weighted by molar-refractivity contribution is 9.10. The van der Waals surface area contributed by atoms with Crippen LogP contribution in [0.2, 0.25) is 5.02 Å². The van der Waals surface area contributed by atoms with Crippen LogP contribution < -0.4 is 10.9 Å². The number of hydrogen-bond donors (Lipinski definition) is 1. The Labute approximate surface area is 171 Å². The van der Waals surface area contributed by atoms with E-state index in [0.29, 0.717) is 32.2 Å². The SMILES string of the molecule is Cn1nc(Br)c2c(=O)n(CC(=O)Nc3ccnn3-c3cccc(Cl)c3)cnc21. The molecular formula is C17H13BrClN7O2. The summed E-state index contributed by atoms with van der Waals surface area (Å²) in [5, 5.41) is 12.0. The summed E-state index contributed by atoms with van der Waals surface area (Å²) in [6, 6.07) is 8.74. The third kappa shape index (κ3) is 3.32. The Morgan fingerprint density at radius 1 is 1.32 bits per heavy atom. The first kappa shape index (κ1) is 18.4. The van der Waals surface area contributed by atoms with Crippen molar-refractivity contribution >= 4 is 50.3 Å². The summed E-state index contributed by atoms with van der Waals surface area (Å²) in [5.74, 6) is 0.0592. The maximum absolute atomic E-state index is 12.7. The lowest BCUT2D eigenvalue weighted by atomic mass is 10.3. The maximum Gasteiger partial charge on any atom is 0.266 e. The third-order valence-corrected chi connectivity index (χ3v) is 4.84. The molecule has 1 amide bonds. The van der Waals surface area contributed by atoms with Crippen molar-refractivity contribution in [3.8, 4) is 5.69 Å². The van der Waals surface area contributed by atoms with E-state index in [1.807, 2.05) is 6.07 Å². The van der Waals surface area contributed by atoms with Gasteiger partial charge in [-0.05, 0) is 34.1 Å². The zero-order chi connectivity index (χ0) is 19.8. The van der Waals surface area contributed by atoms with Crippen LogP contribution in [0.1, 0.15) is 0 Å². The van der Waals surface area contributed by atoms with Gasteiger partial charge in [0.15, 0.2) is 5.65 Å². The van der Waals surface area contributed by atoms with Crippen molar-refractivity contribution in [2.45, 2.75) is 6.54 Å². The molecule has 4 aromatic rings. The summed E-state index contributed by atoms with van der Waals surface area (Å²) in [6.07, 6.45) is 2.88. The average molecular weight is 463 g/mol. The summed E-state index contributed by atoms with van der Waals surface area (Å²) in [6.45, 7) is -0.205. The minimum absolute atomic E-state index is 0.205. The number of hydrogen-bond acceptors (Lipinski definition) is 5. The van der Waals surface area contributed by atoms with Gasteiger partial charge in [-0.3, -0.25) is 14.2 Å². The fourth-order valence-corrected chi connectivity index (χ4v) is 3.57. The molecule has 0 spiro atoms. The van der Waals surface area contributed by atoms with Crippen molar-refractivity contribution in [3.63, 3.8) is 0 Å². The third-order valence-electron chi connectivity index (χ3n) is 4.05. The van der Waals surface area contributed by atoms with Gasteiger partial charge in [-0.25, -0.2) is 14.3 Å². The largest absolute Gasteiger partial charge is 0.309 e. The number of carbonyl (C=O) groups is 1. The summed E-state index contributed by atoms with van der Waals surface area (Å²) in [7, 11) is 1.69. The molecule has 0 fully saturated rings. The quantitative estimate of drug-likeness (QED) is 0.502. The zero-order valence-corrected chi connectivity index (χ0v) is 16.8. The smallest absolute Gasteiger partial charge is 0.266 e. The van der Waals surface area contributed by atoms with E-state index in [1.165, 1.54) is 15.6 Å². The lowest BCUT2D eigenvalue weighted by Crippen LogP contribution is -2.28. The number of aryl methyl sites for hydroxylation is 1. The molecule has 3 aromatic heterocycles. The molecule has 28 heavy (non-hydrogen) atoms. The molecular weight excluding hydrogens is 450 g/mol. The molecule has 0 saturated heterocycles. The van der Waals surface area contributed by atoms with E-state index in [0.717, 1.165) is 0 Å². The maximum atomic E-state index is 12.7. The second-order valence-corrected chi connectivity index (χ2v) is 7.13. The second kappa shape index (κ2) is 7.21. The van der Waals surface area contributed by atoms with Crippen molar-refractivity contribution in [3.05, 3.63) is 62.8 Å². The van der Waals surface area contributed by atoms with Gasteiger partial charge in [0.2, 0.25) is 5.91 Å². The van der Waals surface area contributed by atoms with Crippen molar-refractivity contribution in [2.24, 2.45) is 7.05 Å². The highest BCUT2D eigenvalue weighted by atomic mass is 79.9. The molecule has 3 heterocycles. The van der Waals surface area contributed by atoms with E-state index < -0.39 is 5.91 Å². The lowest BCUT2D eigenvalue weighted by molar-refractivity contribution is -0.116. The van der Waals surface area contributed by atoms with Gasteiger partial charge < -0.3 is 5.32 Å². The van der Waals surface area contributed by atoms with Crippen LogP contribution in [0.15, 0.2) is 52.3 Å². The van der Waals surface area contributed by atoms with Crippen LogP contribution in [0.3, 0.4) is 0 Å². The van der Waals surface area contributed by atoms with E-state index in [1.54, 1.807) is 42.2 Å². The van der Waals surface area contributed by atoms with Gasteiger partial charge in [-0.2, -0.15) is 10.2 Å². The molecule has 0 unspecified atom stereocenters. The number of halogens is 2. The minimum Gasteiger partial charge on any atom is -0.309 e. The van der Waals surface area contributed by atoms with Gasteiger partial charge in [0, 0.05) is 18.1 Å². The molecule has 0 bridgehead atoms. The topological polar surface area (TPSA) is 99.6 Å². The monoisotopic (exact) mass is 461 g/mol. The van der Waals surface area contributed by atoms with Crippen molar-refractivity contribution in [1.29, 1.82) is 0 Å². The molecule has 0 aliphatic rings. The molecule has 0 atom stereocenters. The summed E-state index contributed by atoms with van der Waals surface area (Å²) in [4.78, 5) is 29.4. The summed E-state index contributed by atoms with van der Waals surface area (Å²) < 4.78 is 4.65. The number of amides is 1. The number of nitrogens with one attached hydrogen (secondary N) is 1. The average Bonchev–Trinajstić information content (AvgIpc) is 3.22. The van der Waals surface area contributed by atoms with E-state index in [-0.39, 0.29) is 12.1 Å². The Balaban J connectivity index is 1.59. The Hall–Kier alpha value is -2.98. The second-order valence-electron chi connectivity index (χ2n) is 5.95. The standard InChI is InChI=1S/C17H13BrClN7O2/c1-24-16-14(15(18)23-24)17(28)25(9-20-16)8-13(27)22-12-5-6-21-26(12)11-4-2-3-10(19)7-11/h2-7,9H,8H2,1H3,(H,22,27). The van der Waals surface area contributed by atoms with Gasteiger partial charge in [0.05, 0.1) is 11.9 Å². The van der Waals surface area contributed by atoms with Crippen LogP contribution >= 0.6 is 27.5 Å². The fourth-order valence-electron chi connectivity index (χ4n) is 2.80. The first-order valence-electron chi connectivity index (χ1n) is 8.11. The molecule has 1 N–H and O–H groups in total. The number of nitrogens with zero attached hydrogens (tertiary/aromatic N) is 6. The summed E-state index contributed by atoms with van der Waals surface area (Å²) in [5.41, 5.74) is 0.781. The Morgan fingerprint density at radius 3 is 2.93 bits per heavy atom. The van der Waals surface area contributed by atoms with Crippen LogP contribution in [0, 0.1) is 0 Å². The molecule has 0 aliphatic heterocycles. The van der Waals surface area contributed by atoms with E-state index in [4.69, 9.17) is 11.6 Å². The van der Waals surface area contributed by atoms with Gasteiger partial charge >= 0.3 is 0 Å². The van der Waals surface area contributed by atoms with E-state index in [2.05, 4.69) is 36.4 Å². The molecule has 0 saturated carbocycles. The molecule has 0 aliphatic carbocycles. The predicted octanol–water partition coefficient (Wildman–Crippen LogP) is 2.37.